The molecule has 0 atom stereocenters. The molecule has 4 heterocycles. The van der Waals surface area contributed by atoms with Crippen molar-refractivity contribution >= 4 is 20.7 Å². The molecule has 164 valence electrons. The van der Waals surface area contributed by atoms with Gasteiger partial charge in [-0.25, -0.2) is 18.1 Å². The molecule has 1 fully saturated rings. The monoisotopic (exact) mass is 447 g/mol. The first-order valence-electron chi connectivity index (χ1n) is 10.8. The Labute approximate surface area is 187 Å². The summed E-state index contributed by atoms with van der Waals surface area (Å²) >= 11 is 0. The lowest BCUT2D eigenvalue weighted by molar-refractivity contribution is 0.220. The molecule has 0 aliphatic carbocycles. The maximum Gasteiger partial charge on any atom is 0.192 e. The summed E-state index contributed by atoms with van der Waals surface area (Å²) in [6.07, 6.45) is 12.2. The van der Waals surface area contributed by atoms with E-state index in [-0.39, 0.29) is 5.03 Å². The molecule has 0 amide bonds. The van der Waals surface area contributed by atoms with Gasteiger partial charge in [-0.05, 0) is 67.4 Å². The van der Waals surface area contributed by atoms with Crippen LogP contribution in [0.15, 0.2) is 66.2 Å². The van der Waals surface area contributed by atoms with Gasteiger partial charge in [-0.15, -0.1) is 0 Å². The van der Waals surface area contributed by atoms with Crippen LogP contribution in [0.2, 0.25) is 0 Å². The third kappa shape index (κ3) is 4.28. The third-order valence-corrected chi connectivity index (χ3v) is 6.90. The minimum Gasteiger partial charge on any atom is -0.299 e. The molecule has 7 nitrogen and oxygen atoms in total. The van der Waals surface area contributed by atoms with Crippen LogP contribution in [0.25, 0.3) is 27.7 Å². The third-order valence-electron chi connectivity index (χ3n) is 5.90. The second kappa shape index (κ2) is 8.44. The number of sulfone groups is 1. The number of hydrogen-bond donors (Lipinski definition) is 0. The maximum atomic E-state index is 11.7. The van der Waals surface area contributed by atoms with E-state index in [4.69, 9.17) is 0 Å². The lowest BCUT2D eigenvalue weighted by Crippen LogP contribution is -2.29. The van der Waals surface area contributed by atoms with E-state index in [9.17, 15) is 8.42 Å². The SMILES string of the molecule is CS(=O)(=O)c1ccc(-n2ncc3cc(-c4cncc(CN5CCCCC5)c4)ccc32)cn1. The van der Waals surface area contributed by atoms with E-state index in [0.29, 0.717) is 5.69 Å². The molecule has 1 saturated heterocycles. The van der Waals surface area contributed by atoms with Crippen LogP contribution < -0.4 is 0 Å². The zero-order chi connectivity index (χ0) is 22.1. The van der Waals surface area contributed by atoms with Gasteiger partial charge in [0.25, 0.3) is 0 Å². The summed E-state index contributed by atoms with van der Waals surface area (Å²) < 4.78 is 25.1. The minimum atomic E-state index is -3.33. The summed E-state index contributed by atoms with van der Waals surface area (Å²) in [4.78, 5) is 11.1. The Kier molecular flexibility index (Phi) is 5.48. The van der Waals surface area contributed by atoms with Crippen LogP contribution in [-0.4, -0.2) is 52.4 Å². The normalized spacial score (nSPS) is 15.3. The van der Waals surface area contributed by atoms with Crippen molar-refractivity contribution < 1.29 is 8.42 Å². The van der Waals surface area contributed by atoms with Crippen LogP contribution in [0.5, 0.6) is 0 Å². The average Bonchev–Trinajstić information content (AvgIpc) is 3.23. The van der Waals surface area contributed by atoms with Gasteiger partial charge in [0, 0.05) is 36.1 Å². The maximum absolute atomic E-state index is 11.7. The summed E-state index contributed by atoms with van der Waals surface area (Å²) in [5.74, 6) is 0. The lowest BCUT2D eigenvalue weighted by atomic mass is 10.0. The molecular formula is C24H25N5O2S. The lowest BCUT2D eigenvalue weighted by Gasteiger charge is -2.26. The van der Waals surface area contributed by atoms with E-state index in [2.05, 4.69) is 38.2 Å². The molecule has 1 aromatic carbocycles. The van der Waals surface area contributed by atoms with Crippen molar-refractivity contribution in [3.8, 4) is 16.8 Å². The molecule has 0 saturated carbocycles. The second-order valence-corrected chi connectivity index (χ2v) is 10.3. The number of piperidine rings is 1. The van der Waals surface area contributed by atoms with Crippen LogP contribution >= 0.6 is 0 Å². The molecule has 0 radical (unpaired) electrons. The molecule has 3 aromatic heterocycles. The quantitative estimate of drug-likeness (QED) is 0.462. The van der Waals surface area contributed by atoms with Crippen LogP contribution in [0.1, 0.15) is 24.8 Å². The Bertz CT molecular complexity index is 1360. The van der Waals surface area contributed by atoms with Crippen molar-refractivity contribution in [3.05, 3.63) is 66.7 Å². The Morgan fingerprint density at radius 2 is 1.75 bits per heavy atom. The van der Waals surface area contributed by atoms with Gasteiger partial charge in [0.2, 0.25) is 0 Å². The van der Waals surface area contributed by atoms with E-state index in [0.717, 1.165) is 47.9 Å². The number of nitrogens with zero attached hydrogens (tertiary/aromatic N) is 5. The first-order valence-corrected chi connectivity index (χ1v) is 12.7. The number of benzene rings is 1. The predicted octanol–water partition coefficient (Wildman–Crippen LogP) is 3.87. The topological polar surface area (TPSA) is 81.0 Å². The zero-order valence-corrected chi connectivity index (χ0v) is 18.8. The summed E-state index contributed by atoms with van der Waals surface area (Å²) in [6.45, 7) is 3.27. The van der Waals surface area contributed by atoms with Gasteiger partial charge >= 0.3 is 0 Å². The molecule has 0 N–H and O–H groups in total. The Morgan fingerprint density at radius 3 is 2.50 bits per heavy atom. The van der Waals surface area contributed by atoms with Crippen LogP contribution in [0.3, 0.4) is 0 Å². The fraction of sp³-hybridized carbons (Fsp3) is 0.292. The molecule has 1 aliphatic rings. The van der Waals surface area contributed by atoms with Crippen molar-refractivity contribution in [3.63, 3.8) is 0 Å². The van der Waals surface area contributed by atoms with Crippen LogP contribution in [0.4, 0.5) is 0 Å². The largest absolute Gasteiger partial charge is 0.299 e. The number of fused-ring (bicyclic) bond motifs is 1. The molecule has 1 aliphatic heterocycles. The van der Waals surface area contributed by atoms with Crippen molar-refractivity contribution in [1.29, 1.82) is 0 Å². The molecule has 0 unspecified atom stereocenters. The first kappa shape index (κ1) is 20.8. The highest BCUT2D eigenvalue weighted by Gasteiger charge is 2.13. The minimum absolute atomic E-state index is 0.0527. The van der Waals surface area contributed by atoms with Gasteiger partial charge in [0.05, 0.1) is 23.6 Å². The van der Waals surface area contributed by atoms with E-state index in [1.165, 1.54) is 37.1 Å². The van der Waals surface area contributed by atoms with Gasteiger partial charge in [-0.1, -0.05) is 12.5 Å². The average molecular weight is 448 g/mol. The Morgan fingerprint density at radius 1 is 0.906 bits per heavy atom. The van der Waals surface area contributed by atoms with Crippen molar-refractivity contribution in [2.75, 3.05) is 19.3 Å². The van der Waals surface area contributed by atoms with E-state index >= 15 is 0 Å². The Balaban J connectivity index is 1.42. The standard InChI is InChI=1S/C24H25N5O2S/c1-32(30,31)24-8-6-22(16-26-24)29-23-7-5-19(12-21(23)15-27-29)20-11-18(13-25-14-20)17-28-9-3-2-4-10-28/h5-8,11-16H,2-4,9-10,17H2,1H3. The highest BCUT2D eigenvalue weighted by atomic mass is 32.2. The first-order chi connectivity index (χ1) is 15.5. The molecule has 4 aromatic rings. The van der Waals surface area contributed by atoms with Gasteiger partial charge in [-0.3, -0.25) is 9.88 Å². The van der Waals surface area contributed by atoms with Crippen molar-refractivity contribution in [1.82, 2.24) is 24.6 Å². The number of rotatable bonds is 5. The van der Waals surface area contributed by atoms with Crippen molar-refractivity contribution in [2.24, 2.45) is 0 Å². The van der Waals surface area contributed by atoms with Gasteiger partial charge in [0.15, 0.2) is 14.9 Å². The molecule has 32 heavy (non-hydrogen) atoms. The summed E-state index contributed by atoms with van der Waals surface area (Å²) in [5, 5.41) is 5.54. The van der Waals surface area contributed by atoms with Gasteiger partial charge in [0.1, 0.15) is 0 Å². The molecule has 8 heteroatoms. The smallest absolute Gasteiger partial charge is 0.192 e. The fourth-order valence-electron chi connectivity index (χ4n) is 4.24. The number of likely N-dealkylation sites (tertiary alicyclic amines) is 1. The van der Waals surface area contributed by atoms with Gasteiger partial charge < -0.3 is 0 Å². The summed E-state index contributed by atoms with van der Waals surface area (Å²) in [6, 6.07) is 11.7. The molecule has 0 spiro atoms. The van der Waals surface area contributed by atoms with Crippen LogP contribution in [-0.2, 0) is 16.4 Å². The Hall–Kier alpha value is -3.10. The molecular weight excluding hydrogens is 422 g/mol. The summed E-state index contributed by atoms with van der Waals surface area (Å²) in [5.41, 5.74) is 5.06. The highest BCUT2D eigenvalue weighted by molar-refractivity contribution is 7.90. The van der Waals surface area contributed by atoms with Gasteiger partial charge in [-0.2, -0.15) is 5.10 Å². The van der Waals surface area contributed by atoms with E-state index in [1.54, 1.807) is 10.7 Å². The fourth-order valence-corrected chi connectivity index (χ4v) is 4.80. The number of hydrogen-bond acceptors (Lipinski definition) is 6. The number of pyridine rings is 2. The van der Waals surface area contributed by atoms with E-state index < -0.39 is 9.84 Å². The summed E-state index contributed by atoms with van der Waals surface area (Å²) in [7, 11) is -3.33. The highest BCUT2D eigenvalue weighted by Crippen LogP contribution is 2.26. The molecule has 5 rings (SSSR count). The van der Waals surface area contributed by atoms with Crippen LogP contribution in [0, 0.1) is 0 Å². The predicted molar refractivity (Wildman–Crippen MR) is 124 cm³/mol. The van der Waals surface area contributed by atoms with E-state index in [1.807, 2.05) is 24.7 Å². The second-order valence-electron chi connectivity index (χ2n) is 8.38. The van der Waals surface area contributed by atoms with Crippen molar-refractivity contribution in [2.45, 2.75) is 30.8 Å². The zero-order valence-electron chi connectivity index (χ0n) is 18.0. The molecule has 0 bridgehead atoms. The number of aromatic nitrogens is 4.